The molecule has 0 atom stereocenters. The number of alkyl halides is 3. The second kappa shape index (κ2) is 9.99. The quantitative estimate of drug-likeness (QED) is 0.430. The van der Waals surface area contributed by atoms with Crippen LogP contribution in [0.1, 0.15) is 47.2 Å². The third-order valence-electron chi connectivity index (χ3n) is 5.52. The molecule has 32 heavy (non-hydrogen) atoms. The molecule has 1 aliphatic rings. The summed E-state index contributed by atoms with van der Waals surface area (Å²) in [7, 11) is 0. The van der Waals surface area contributed by atoms with Crippen molar-refractivity contribution >= 4 is 17.3 Å². The zero-order valence-corrected chi connectivity index (χ0v) is 17.2. The van der Waals surface area contributed by atoms with Gasteiger partial charge in [-0.15, -0.1) is 0 Å². The number of halogens is 3. The van der Waals surface area contributed by atoms with E-state index in [1.54, 1.807) is 0 Å². The van der Waals surface area contributed by atoms with E-state index >= 15 is 0 Å². The number of hydrogen-bond donors (Lipinski definition) is 3. The Bertz CT molecular complexity index is 973. The summed E-state index contributed by atoms with van der Waals surface area (Å²) in [5, 5.41) is 26.6. The van der Waals surface area contributed by atoms with Gasteiger partial charge in [0.1, 0.15) is 0 Å². The Morgan fingerprint density at radius 3 is 2.47 bits per heavy atom. The number of aliphatic hydroxyl groups excluding tert-OH is 1. The van der Waals surface area contributed by atoms with Crippen LogP contribution in [0.3, 0.4) is 0 Å². The van der Waals surface area contributed by atoms with Crippen LogP contribution >= 0.6 is 0 Å². The number of aliphatic hydroxyl groups is 1. The smallest absolute Gasteiger partial charge is 0.393 e. The molecular weight excluding hydrogens is 427 g/mol. The fraction of sp³-hybridized carbons (Fsp3) is 0.409. The molecule has 3 rings (SSSR count). The Kier molecular flexibility index (Phi) is 7.34. The van der Waals surface area contributed by atoms with Crippen LogP contribution in [0.2, 0.25) is 0 Å². The van der Waals surface area contributed by atoms with Crippen LogP contribution in [-0.2, 0) is 12.6 Å². The number of rotatable bonds is 7. The van der Waals surface area contributed by atoms with Gasteiger partial charge >= 0.3 is 6.18 Å². The van der Waals surface area contributed by atoms with E-state index in [0.29, 0.717) is 31.4 Å². The van der Waals surface area contributed by atoms with Crippen LogP contribution in [0.15, 0.2) is 42.5 Å². The topological polar surface area (TPSA) is 104 Å². The number of non-ortho nitro benzene ring substituents is 1. The summed E-state index contributed by atoms with van der Waals surface area (Å²) in [6.07, 6.45) is -2.28. The van der Waals surface area contributed by atoms with Crippen molar-refractivity contribution in [2.45, 2.75) is 50.4 Å². The van der Waals surface area contributed by atoms with Crippen molar-refractivity contribution in [2.24, 2.45) is 0 Å². The van der Waals surface area contributed by atoms with Crippen molar-refractivity contribution in [2.75, 3.05) is 11.9 Å². The summed E-state index contributed by atoms with van der Waals surface area (Å²) in [6.45, 7) is -0.0658. The Morgan fingerprint density at radius 2 is 1.81 bits per heavy atom. The molecule has 3 N–H and O–H groups in total. The van der Waals surface area contributed by atoms with E-state index in [2.05, 4.69) is 10.6 Å². The lowest BCUT2D eigenvalue weighted by molar-refractivity contribution is -0.384. The van der Waals surface area contributed by atoms with E-state index in [-0.39, 0.29) is 41.9 Å². The molecule has 0 spiro atoms. The molecule has 0 radical (unpaired) electrons. The number of amides is 1. The molecule has 2 aromatic rings. The standard InChI is InChI=1S/C22H24F3N3O4/c23-22(24,25)19-4-2-1-3-14(19)11-12-26-21(30)18-13-16(28(31)32)7-10-20(18)27-15-5-8-17(29)9-6-15/h1-4,7,10,13,15,17,27,29H,5-6,8-9,11-12H2,(H,26,30). The highest BCUT2D eigenvalue weighted by Crippen LogP contribution is 2.32. The van der Waals surface area contributed by atoms with Crippen LogP contribution in [0.25, 0.3) is 0 Å². The number of nitro benzene ring substituents is 1. The van der Waals surface area contributed by atoms with Crippen molar-refractivity contribution in [3.8, 4) is 0 Å². The molecule has 0 aromatic heterocycles. The van der Waals surface area contributed by atoms with Gasteiger partial charge in [0, 0.05) is 30.4 Å². The van der Waals surface area contributed by atoms with E-state index in [9.17, 15) is 33.2 Å². The van der Waals surface area contributed by atoms with Crippen molar-refractivity contribution < 1.29 is 28.0 Å². The number of carbonyl (C=O) groups is 1. The maximum atomic E-state index is 13.1. The highest BCUT2D eigenvalue weighted by atomic mass is 19.4. The average Bonchev–Trinajstić information content (AvgIpc) is 2.75. The zero-order chi connectivity index (χ0) is 23.3. The maximum Gasteiger partial charge on any atom is 0.416 e. The van der Waals surface area contributed by atoms with Gasteiger partial charge in [-0.05, 0) is 49.8 Å². The van der Waals surface area contributed by atoms with Crippen molar-refractivity contribution in [1.82, 2.24) is 5.32 Å². The third-order valence-corrected chi connectivity index (χ3v) is 5.52. The minimum atomic E-state index is -4.49. The Hall–Kier alpha value is -3.14. The largest absolute Gasteiger partial charge is 0.416 e. The van der Waals surface area contributed by atoms with Gasteiger partial charge in [0.05, 0.1) is 22.2 Å². The van der Waals surface area contributed by atoms with Gasteiger partial charge < -0.3 is 15.7 Å². The second-order valence-corrected chi connectivity index (χ2v) is 7.80. The number of nitrogens with zero attached hydrogens (tertiary/aromatic N) is 1. The Morgan fingerprint density at radius 1 is 1.12 bits per heavy atom. The molecule has 1 aliphatic carbocycles. The van der Waals surface area contributed by atoms with Gasteiger partial charge in [0.2, 0.25) is 0 Å². The molecule has 0 aliphatic heterocycles. The first kappa shape index (κ1) is 23.5. The molecular formula is C22H24F3N3O4. The lowest BCUT2D eigenvalue weighted by Gasteiger charge is -2.27. The molecule has 1 fully saturated rings. The SMILES string of the molecule is O=C(NCCc1ccccc1C(F)(F)F)c1cc([N+](=O)[O-])ccc1NC1CCC(O)CC1. The molecule has 0 unspecified atom stereocenters. The van der Waals surface area contributed by atoms with Crippen LogP contribution in [0.4, 0.5) is 24.5 Å². The normalized spacial score (nSPS) is 18.8. The molecule has 0 saturated heterocycles. The summed E-state index contributed by atoms with van der Waals surface area (Å²) in [5.41, 5.74) is -0.508. The van der Waals surface area contributed by atoms with Crippen molar-refractivity contribution in [1.29, 1.82) is 0 Å². The summed E-state index contributed by atoms with van der Waals surface area (Å²) >= 11 is 0. The van der Waals surface area contributed by atoms with Gasteiger partial charge in [-0.1, -0.05) is 18.2 Å². The fourth-order valence-corrected chi connectivity index (χ4v) is 3.82. The molecule has 2 aromatic carbocycles. The lowest BCUT2D eigenvalue weighted by Crippen LogP contribution is -2.31. The highest BCUT2D eigenvalue weighted by Gasteiger charge is 2.32. The molecule has 10 heteroatoms. The highest BCUT2D eigenvalue weighted by molar-refractivity contribution is 6.00. The fourth-order valence-electron chi connectivity index (χ4n) is 3.82. The zero-order valence-electron chi connectivity index (χ0n) is 17.2. The Balaban J connectivity index is 1.72. The predicted molar refractivity (Wildman–Crippen MR) is 112 cm³/mol. The molecule has 1 saturated carbocycles. The maximum absolute atomic E-state index is 13.1. The van der Waals surface area contributed by atoms with E-state index in [4.69, 9.17) is 0 Å². The van der Waals surface area contributed by atoms with E-state index in [1.165, 1.54) is 30.3 Å². The monoisotopic (exact) mass is 451 g/mol. The summed E-state index contributed by atoms with van der Waals surface area (Å²) in [5.74, 6) is -0.614. The molecule has 1 amide bonds. The average molecular weight is 451 g/mol. The number of hydrogen-bond acceptors (Lipinski definition) is 5. The van der Waals surface area contributed by atoms with Gasteiger partial charge in [-0.25, -0.2) is 0 Å². The third kappa shape index (κ3) is 5.97. The molecule has 172 valence electrons. The first-order valence-electron chi connectivity index (χ1n) is 10.3. The first-order valence-corrected chi connectivity index (χ1v) is 10.3. The van der Waals surface area contributed by atoms with Crippen molar-refractivity contribution in [3.63, 3.8) is 0 Å². The van der Waals surface area contributed by atoms with Gasteiger partial charge in [0.15, 0.2) is 0 Å². The number of carbonyl (C=O) groups excluding carboxylic acids is 1. The van der Waals surface area contributed by atoms with Crippen LogP contribution in [0, 0.1) is 10.1 Å². The van der Waals surface area contributed by atoms with Crippen molar-refractivity contribution in [3.05, 3.63) is 69.3 Å². The summed E-state index contributed by atoms with van der Waals surface area (Å²) in [6, 6.07) is 9.04. The van der Waals surface area contributed by atoms with E-state index in [1.807, 2.05) is 0 Å². The number of benzene rings is 2. The summed E-state index contributed by atoms with van der Waals surface area (Å²) in [4.78, 5) is 23.3. The predicted octanol–water partition coefficient (Wildman–Crippen LogP) is 4.30. The summed E-state index contributed by atoms with van der Waals surface area (Å²) < 4.78 is 39.4. The number of nitro groups is 1. The minimum Gasteiger partial charge on any atom is -0.393 e. The lowest BCUT2D eigenvalue weighted by atomic mass is 9.92. The number of anilines is 1. The van der Waals surface area contributed by atoms with E-state index in [0.717, 1.165) is 12.1 Å². The van der Waals surface area contributed by atoms with Crippen LogP contribution < -0.4 is 10.6 Å². The van der Waals surface area contributed by atoms with Gasteiger partial charge in [-0.3, -0.25) is 14.9 Å². The van der Waals surface area contributed by atoms with Gasteiger partial charge in [0.25, 0.3) is 11.6 Å². The van der Waals surface area contributed by atoms with Crippen LogP contribution in [-0.4, -0.2) is 34.6 Å². The Labute approximate surface area is 182 Å². The first-order chi connectivity index (χ1) is 15.1. The molecule has 0 heterocycles. The molecule has 7 nitrogen and oxygen atoms in total. The minimum absolute atomic E-state index is 0.00469. The van der Waals surface area contributed by atoms with E-state index < -0.39 is 22.6 Å². The van der Waals surface area contributed by atoms with Gasteiger partial charge in [-0.2, -0.15) is 13.2 Å². The molecule has 0 bridgehead atoms. The number of nitrogens with one attached hydrogen (secondary N) is 2. The second-order valence-electron chi connectivity index (χ2n) is 7.80. The van der Waals surface area contributed by atoms with Crippen LogP contribution in [0.5, 0.6) is 0 Å².